The summed E-state index contributed by atoms with van der Waals surface area (Å²) in [5.74, 6) is 0.633. The van der Waals surface area contributed by atoms with Crippen LogP contribution in [0.5, 0.6) is 5.75 Å². The first-order valence-electron chi connectivity index (χ1n) is 10.9. The maximum atomic E-state index is 12.3. The third kappa shape index (κ3) is 6.49. The third-order valence-electron chi connectivity index (χ3n) is 4.90. The largest absolute Gasteiger partial charge is 0.494 e. The summed E-state index contributed by atoms with van der Waals surface area (Å²) in [6.45, 7) is 0.837. The van der Waals surface area contributed by atoms with Gasteiger partial charge in [0.05, 0.1) is 13.2 Å². The van der Waals surface area contributed by atoms with Crippen LogP contribution in [-0.2, 0) is 11.3 Å². The maximum Gasteiger partial charge on any atom is 0.269 e. The van der Waals surface area contributed by atoms with Crippen molar-refractivity contribution in [1.29, 1.82) is 0 Å². The zero-order valence-electron chi connectivity index (χ0n) is 18.4. The number of hydrogen-bond acceptors (Lipinski definition) is 6. The number of tetrazole rings is 1. The van der Waals surface area contributed by atoms with E-state index in [2.05, 4.69) is 26.3 Å². The molecule has 9 nitrogen and oxygen atoms in total. The molecule has 0 aliphatic heterocycles. The first kappa shape index (κ1) is 22.7. The van der Waals surface area contributed by atoms with Crippen LogP contribution in [-0.4, -0.2) is 38.6 Å². The normalized spacial score (nSPS) is 10.5. The first-order valence-corrected chi connectivity index (χ1v) is 10.9. The fourth-order valence-corrected chi connectivity index (χ4v) is 3.14. The summed E-state index contributed by atoms with van der Waals surface area (Å²) >= 11 is 0. The van der Waals surface area contributed by atoms with Crippen molar-refractivity contribution < 1.29 is 14.3 Å². The second-order valence-corrected chi connectivity index (χ2v) is 7.47. The monoisotopic (exact) mass is 456 g/mol. The van der Waals surface area contributed by atoms with Crippen LogP contribution in [0, 0.1) is 0 Å². The van der Waals surface area contributed by atoms with Crippen molar-refractivity contribution >= 4 is 11.8 Å². The molecule has 0 saturated heterocycles. The van der Waals surface area contributed by atoms with E-state index in [9.17, 15) is 9.59 Å². The maximum absolute atomic E-state index is 12.3. The summed E-state index contributed by atoms with van der Waals surface area (Å²) < 4.78 is 5.55. The molecule has 172 valence electrons. The van der Waals surface area contributed by atoms with Gasteiger partial charge in [-0.1, -0.05) is 60.7 Å². The Bertz CT molecular complexity index is 1210. The number of amides is 2. The SMILES string of the molecule is O=C(CCCOc1ccccc1)NNC(=O)c1ccc(Cn2nnc(-c3ccccc3)n2)cc1. The highest BCUT2D eigenvalue weighted by Crippen LogP contribution is 2.13. The molecule has 0 spiro atoms. The first-order chi connectivity index (χ1) is 16.7. The Labute approximate surface area is 196 Å². The van der Waals surface area contributed by atoms with Gasteiger partial charge in [0.1, 0.15) is 5.75 Å². The lowest BCUT2D eigenvalue weighted by Crippen LogP contribution is -2.41. The molecule has 1 aromatic heterocycles. The minimum absolute atomic E-state index is 0.238. The standard InChI is InChI=1S/C25H24N6O3/c32-23(12-7-17-34-22-10-5-2-6-11-22)26-28-25(33)21-15-13-19(14-16-21)18-31-29-24(27-30-31)20-8-3-1-4-9-20/h1-6,8-11,13-16H,7,12,17-18H2,(H,26,32)(H,28,33). The van der Waals surface area contributed by atoms with Gasteiger partial charge in [0.25, 0.3) is 5.91 Å². The number of nitrogens with zero attached hydrogens (tertiary/aromatic N) is 4. The summed E-state index contributed by atoms with van der Waals surface area (Å²) in [6, 6.07) is 26.0. The summed E-state index contributed by atoms with van der Waals surface area (Å²) in [6.07, 6.45) is 0.773. The molecule has 0 aliphatic carbocycles. The van der Waals surface area contributed by atoms with Crippen molar-refractivity contribution in [2.24, 2.45) is 0 Å². The van der Waals surface area contributed by atoms with Gasteiger partial charge in [0.2, 0.25) is 11.7 Å². The van der Waals surface area contributed by atoms with Crippen molar-refractivity contribution in [3.63, 3.8) is 0 Å². The number of ether oxygens (including phenoxy) is 1. The van der Waals surface area contributed by atoms with Crippen molar-refractivity contribution in [1.82, 2.24) is 31.1 Å². The Morgan fingerprint density at radius 2 is 1.56 bits per heavy atom. The molecule has 0 atom stereocenters. The van der Waals surface area contributed by atoms with Crippen LogP contribution >= 0.6 is 0 Å². The molecule has 3 aromatic carbocycles. The van der Waals surface area contributed by atoms with E-state index in [1.54, 1.807) is 12.1 Å². The van der Waals surface area contributed by atoms with Crippen LogP contribution in [0.15, 0.2) is 84.9 Å². The Kier molecular flexibility index (Phi) is 7.58. The Morgan fingerprint density at radius 3 is 2.29 bits per heavy atom. The Hall–Kier alpha value is -4.53. The van der Waals surface area contributed by atoms with Gasteiger partial charge in [-0.2, -0.15) is 4.80 Å². The molecular formula is C25H24N6O3. The molecule has 9 heteroatoms. The zero-order valence-corrected chi connectivity index (χ0v) is 18.4. The lowest BCUT2D eigenvalue weighted by atomic mass is 10.1. The van der Waals surface area contributed by atoms with Gasteiger partial charge in [-0.3, -0.25) is 20.4 Å². The number of nitrogens with one attached hydrogen (secondary N) is 2. The number of carbonyl (C=O) groups excluding carboxylic acids is 2. The van der Waals surface area contributed by atoms with Crippen molar-refractivity contribution in [3.05, 3.63) is 96.1 Å². The smallest absolute Gasteiger partial charge is 0.269 e. The Balaban J connectivity index is 1.19. The lowest BCUT2D eigenvalue weighted by molar-refractivity contribution is -0.122. The van der Waals surface area contributed by atoms with Gasteiger partial charge in [0, 0.05) is 17.5 Å². The number of hydrogen-bond donors (Lipinski definition) is 2. The highest BCUT2D eigenvalue weighted by Gasteiger charge is 2.09. The average molecular weight is 457 g/mol. The molecule has 0 bridgehead atoms. The van der Waals surface area contributed by atoms with Crippen LogP contribution < -0.4 is 15.6 Å². The lowest BCUT2D eigenvalue weighted by Gasteiger charge is -2.09. The van der Waals surface area contributed by atoms with E-state index in [1.807, 2.05) is 72.8 Å². The number of hydrazine groups is 1. The predicted octanol–water partition coefficient (Wildman–Crippen LogP) is 3.01. The quantitative estimate of drug-likeness (QED) is 0.296. The van der Waals surface area contributed by atoms with E-state index in [1.165, 1.54) is 4.80 Å². The fraction of sp³-hybridized carbons (Fsp3) is 0.160. The summed E-state index contributed by atoms with van der Waals surface area (Å²) in [7, 11) is 0. The number of rotatable bonds is 9. The van der Waals surface area contributed by atoms with Crippen LogP contribution in [0.1, 0.15) is 28.8 Å². The van der Waals surface area contributed by atoms with Crippen molar-refractivity contribution in [3.8, 4) is 17.1 Å². The fourth-order valence-electron chi connectivity index (χ4n) is 3.14. The second-order valence-electron chi connectivity index (χ2n) is 7.47. The van der Waals surface area contributed by atoms with Crippen molar-refractivity contribution in [2.45, 2.75) is 19.4 Å². The summed E-state index contributed by atoms with van der Waals surface area (Å²) in [5.41, 5.74) is 7.09. The molecule has 34 heavy (non-hydrogen) atoms. The van der Waals surface area contributed by atoms with Gasteiger partial charge in [-0.15, -0.1) is 10.2 Å². The molecule has 2 N–H and O–H groups in total. The molecule has 0 radical (unpaired) electrons. The molecule has 0 unspecified atom stereocenters. The number of benzene rings is 3. The van der Waals surface area contributed by atoms with E-state index >= 15 is 0 Å². The van der Waals surface area contributed by atoms with E-state index in [0.29, 0.717) is 31.0 Å². The predicted molar refractivity (Wildman–Crippen MR) is 126 cm³/mol. The minimum Gasteiger partial charge on any atom is -0.494 e. The van der Waals surface area contributed by atoms with Crippen LogP contribution in [0.25, 0.3) is 11.4 Å². The molecule has 0 saturated carbocycles. The van der Waals surface area contributed by atoms with Gasteiger partial charge >= 0.3 is 0 Å². The van der Waals surface area contributed by atoms with E-state index in [4.69, 9.17) is 4.74 Å². The molecule has 2 amide bonds. The zero-order chi connectivity index (χ0) is 23.6. The highest BCUT2D eigenvalue weighted by atomic mass is 16.5. The Morgan fingerprint density at radius 1 is 0.853 bits per heavy atom. The van der Waals surface area contributed by atoms with E-state index in [0.717, 1.165) is 16.9 Å². The number of aromatic nitrogens is 4. The molecular weight excluding hydrogens is 432 g/mol. The van der Waals surface area contributed by atoms with Gasteiger partial charge in [0.15, 0.2) is 0 Å². The summed E-state index contributed by atoms with van der Waals surface area (Å²) in [5, 5.41) is 12.6. The molecule has 4 rings (SSSR count). The number of carbonyl (C=O) groups is 2. The van der Waals surface area contributed by atoms with Gasteiger partial charge < -0.3 is 4.74 Å². The van der Waals surface area contributed by atoms with Gasteiger partial charge in [-0.05, 0) is 41.5 Å². The van der Waals surface area contributed by atoms with E-state index < -0.39 is 5.91 Å². The van der Waals surface area contributed by atoms with E-state index in [-0.39, 0.29) is 12.3 Å². The van der Waals surface area contributed by atoms with Crippen molar-refractivity contribution in [2.75, 3.05) is 6.61 Å². The highest BCUT2D eigenvalue weighted by molar-refractivity contribution is 5.95. The van der Waals surface area contributed by atoms with Crippen LogP contribution in [0.3, 0.4) is 0 Å². The third-order valence-corrected chi connectivity index (χ3v) is 4.90. The number of para-hydroxylation sites is 1. The van der Waals surface area contributed by atoms with Crippen LogP contribution in [0.4, 0.5) is 0 Å². The molecule has 1 heterocycles. The second kappa shape index (κ2) is 11.4. The molecule has 0 aliphatic rings. The van der Waals surface area contributed by atoms with Crippen LogP contribution in [0.2, 0.25) is 0 Å². The molecule has 0 fully saturated rings. The average Bonchev–Trinajstić information content (AvgIpc) is 3.35. The molecule has 4 aromatic rings. The topological polar surface area (TPSA) is 111 Å². The summed E-state index contributed by atoms with van der Waals surface area (Å²) in [4.78, 5) is 25.8. The van der Waals surface area contributed by atoms with Gasteiger partial charge in [-0.25, -0.2) is 0 Å². The minimum atomic E-state index is -0.398.